The molecule has 0 aromatic carbocycles. The zero-order valence-corrected chi connectivity index (χ0v) is 10.4. The van der Waals surface area contributed by atoms with Gasteiger partial charge in [-0.1, -0.05) is 13.8 Å². The summed E-state index contributed by atoms with van der Waals surface area (Å²) in [7, 11) is 3.73. The number of likely N-dealkylation sites (N-methyl/N-ethyl adjacent to an activating group) is 1. The number of nitrogens with two attached hydrogens (primary N) is 1. The predicted octanol–water partition coefficient (Wildman–Crippen LogP) is 0.428. The number of nitrogens with zero attached hydrogens (tertiary/aromatic N) is 1. The van der Waals surface area contributed by atoms with Crippen LogP contribution in [0, 0.1) is 5.92 Å². The Bertz CT molecular complexity index is 183. The summed E-state index contributed by atoms with van der Waals surface area (Å²) in [5.41, 5.74) is 5.82. The van der Waals surface area contributed by atoms with Gasteiger partial charge in [0.25, 0.3) is 0 Å². The van der Waals surface area contributed by atoms with Gasteiger partial charge in [0.15, 0.2) is 0 Å². The smallest absolute Gasteiger partial charge is 0.239 e. The fourth-order valence-corrected chi connectivity index (χ4v) is 1.49. The number of nitrogens with one attached hydrogen (secondary N) is 1. The van der Waals surface area contributed by atoms with Crippen LogP contribution < -0.4 is 11.1 Å². The third-order valence-corrected chi connectivity index (χ3v) is 2.34. The van der Waals surface area contributed by atoms with Gasteiger partial charge >= 0.3 is 0 Å². The van der Waals surface area contributed by atoms with Crippen molar-refractivity contribution in [1.29, 1.82) is 0 Å². The minimum Gasteiger partial charge on any atom is -0.344 e. The molecule has 0 bridgehead atoms. The third kappa shape index (κ3) is 6.47. The molecule has 1 atom stereocenters. The highest BCUT2D eigenvalue weighted by Crippen LogP contribution is 2.05. The van der Waals surface area contributed by atoms with Gasteiger partial charge in [-0.3, -0.25) is 4.79 Å². The van der Waals surface area contributed by atoms with Crippen LogP contribution in [-0.4, -0.2) is 44.0 Å². The molecule has 0 saturated heterocycles. The molecule has 0 aliphatic rings. The first-order valence-corrected chi connectivity index (χ1v) is 5.64. The predicted molar refractivity (Wildman–Crippen MR) is 63.6 cm³/mol. The lowest BCUT2D eigenvalue weighted by molar-refractivity contribution is -0.131. The molecule has 0 rings (SSSR count). The maximum atomic E-state index is 11.8. The number of carbonyl (C=O) groups excluding carboxylic acids is 1. The van der Waals surface area contributed by atoms with Gasteiger partial charge in [0.05, 0.1) is 6.04 Å². The van der Waals surface area contributed by atoms with Crippen molar-refractivity contribution in [3.63, 3.8) is 0 Å². The fourth-order valence-electron chi connectivity index (χ4n) is 1.49. The second-order valence-electron chi connectivity index (χ2n) is 4.45. The van der Waals surface area contributed by atoms with Gasteiger partial charge in [-0.2, -0.15) is 0 Å². The highest BCUT2D eigenvalue weighted by atomic mass is 16.2. The van der Waals surface area contributed by atoms with Crippen molar-refractivity contribution in [3.05, 3.63) is 0 Å². The fraction of sp³-hybridized carbons (Fsp3) is 0.909. The molecule has 0 spiro atoms. The van der Waals surface area contributed by atoms with E-state index in [2.05, 4.69) is 19.2 Å². The van der Waals surface area contributed by atoms with Gasteiger partial charge in [-0.25, -0.2) is 0 Å². The molecule has 0 unspecified atom stereocenters. The Balaban J connectivity index is 3.85. The van der Waals surface area contributed by atoms with E-state index >= 15 is 0 Å². The summed E-state index contributed by atoms with van der Waals surface area (Å²) in [6, 6.07) is -0.343. The molecule has 4 nitrogen and oxygen atoms in total. The summed E-state index contributed by atoms with van der Waals surface area (Å²) in [5, 5.41) is 3.05. The summed E-state index contributed by atoms with van der Waals surface area (Å²) in [6.45, 7) is 5.85. The molecule has 15 heavy (non-hydrogen) atoms. The summed E-state index contributed by atoms with van der Waals surface area (Å²) in [6.07, 6.45) is 1.72. The van der Waals surface area contributed by atoms with Gasteiger partial charge < -0.3 is 16.0 Å². The Morgan fingerprint density at radius 1 is 1.47 bits per heavy atom. The van der Waals surface area contributed by atoms with E-state index in [1.807, 2.05) is 14.1 Å². The van der Waals surface area contributed by atoms with Crippen LogP contribution in [-0.2, 0) is 4.79 Å². The molecule has 0 heterocycles. The van der Waals surface area contributed by atoms with Crippen LogP contribution in [0.15, 0.2) is 0 Å². The summed E-state index contributed by atoms with van der Waals surface area (Å²) >= 11 is 0. The molecule has 4 heteroatoms. The van der Waals surface area contributed by atoms with E-state index in [0.29, 0.717) is 5.92 Å². The quantitative estimate of drug-likeness (QED) is 0.605. The zero-order valence-electron chi connectivity index (χ0n) is 10.4. The van der Waals surface area contributed by atoms with Gasteiger partial charge in [0.2, 0.25) is 5.91 Å². The molecule has 0 aliphatic carbocycles. The second-order valence-corrected chi connectivity index (χ2v) is 4.45. The first-order valence-electron chi connectivity index (χ1n) is 5.64. The lowest BCUT2D eigenvalue weighted by Gasteiger charge is -2.22. The SMILES string of the molecule is CNCCCN(C)C(=O)[C@@H](N)CC(C)C. The normalized spacial score (nSPS) is 12.9. The molecule has 1 amide bonds. The largest absolute Gasteiger partial charge is 0.344 e. The van der Waals surface area contributed by atoms with Crippen molar-refractivity contribution in [1.82, 2.24) is 10.2 Å². The molecule has 3 N–H and O–H groups in total. The maximum absolute atomic E-state index is 11.8. The minimum atomic E-state index is -0.343. The lowest BCUT2D eigenvalue weighted by Crippen LogP contribution is -2.43. The highest BCUT2D eigenvalue weighted by molar-refractivity contribution is 5.81. The first-order chi connectivity index (χ1) is 6.99. The van der Waals surface area contributed by atoms with Crippen LogP contribution in [0.2, 0.25) is 0 Å². The van der Waals surface area contributed by atoms with E-state index in [4.69, 9.17) is 5.73 Å². The van der Waals surface area contributed by atoms with E-state index in [9.17, 15) is 4.79 Å². The number of hydrogen-bond donors (Lipinski definition) is 2. The van der Waals surface area contributed by atoms with Crippen LogP contribution in [0.3, 0.4) is 0 Å². The van der Waals surface area contributed by atoms with Crippen molar-refractivity contribution in [2.45, 2.75) is 32.7 Å². The van der Waals surface area contributed by atoms with Crippen LogP contribution in [0.5, 0.6) is 0 Å². The standard InChI is InChI=1S/C11H25N3O/c1-9(2)8-10(12)11(15)14(4)7-5-6-13-3/h9-10,13H,5-8,12H2,1-4H3/t10-/m0/s1. The third-order valence-electron chi connectivity index (χ3n) is 2.34. The van der Waals surface area contributed by atoms with E-state index in [-0.39, 0.29) is 11.9 Å². The molecule has 0 aromatic rings. The van der Waals surface area contributed by atoms with Crippen molar-refractivity contribution in [3.8, 4) is 0 Å². The number of hydrogen-bond acceptors (Lipinski definition) is 3. The summed E-state index contributed by atoms with van der Waals surface area (Å²) in [5.74, 6) is 0.523. The first kappa shape index (κ1) is 14.4. The zero-order chi connectivity index (χ0) is 11.8. The molecule has 90 valence electrons. The molecular formula is C11H25N3O. The van der Waals surface area contributed by atoms with Crippen LogP contribution in [0.4, 0.5) is 0 Å². The molecule has 0 radical (unpaired) electrons. The van der Waals surface area contributed by atoms with E-state index < -0.39 is 0 Å². The van der Waals surface area contributed by atoms with Gasteiger partial charge in [-0.15, -0.1) is 0 Å². The Morgan fingerprint density at radius 3 is 2.53 bits per heavy atom. The van der Waals surface area contributed by atoms with Crippen molar-refractivity contribution in [2.75, 3.05) is 27.2 Å². The van der Waals surface area contributed by atoms with Gasteiger partial charge in [0, 0.05) is 13.6 Å². The van der Waals surface area contributed by atoms with Crippen LogP contribution in [0.25, 0.3) is 0 Å². The molecular weight excluding hydrogens is 190 g/mol. The highest BCUT2D eigenvalue weighted by Gasteiger charge is 2.18. The average molecular weight is 215 g/mol. The van der Waals surface area contributed by atoms with Crippen molar-refractivity contribution in [2.24, 2.45) is 11.7 Å². The van der Waals surface area contributed by atoms with Gasteiger partial charge in [0.1, 0.15) is 0 Å². The van der Waals surface area contributed by atoms with E-state index in [0.717, 1.165) is 25.9 Å². The topological polar surface area (TPSA) is 58.4 Å². The molecule has 0 aromatic heterocycles. The van der Waals surface area contributed by atoms with Crippen molar-refractivity contribution < 1.29 is 4.79 Å². The Kier molecular flexibility index (Phi) is 7.34. The molecule has 0 aliphatic heterocycles. The van der Waals surface area contributed by atoms with Gasteiger partial charge in [-0.05, 0) is 32.4 Å². The Labute approximate surface area is 93.2 Å². The molecule has 0 saturated carbocycles. The van der Waals surface area contributed by atoms with E-state index in [1.165, 1.54) is 0 Å². The average Bonchev–Trinajstić information content (AvgIpc) is 2.15. The number of rotatable bonds is 7. The second kappa shape index (κ2) is 7.65. The summed E-state index contributed by atoms with van der Waals surface area (Å²) < 4.78 is 0. The number of amides is 1. The molecule has 0 fully saturated rings. The van der Waals surface area contributed by atoms with Crippen molar-refractivity contribution >= 4 is 5.91 Å². The summed E-state index contributed by atoms with van der Waals surface area (Å²) in [4.78, 5) is 13.5. The number of carbonyl (C=O) groups is 1. The maximum Gasteiger partial charge on any atom is 0.239 e. The van der Waals surface area contributed by atoms with E-state index in [1.54, 1.807) is 4.90 Å². The Hall–Kier alpha value is -0.610. The minimum absolute atomic E-state index is 0.0554. The Morgan fingerprint density at radius 2 is 2.07 bits per heavy atom. The van der Waals surface area contributed by atoms with Crippen LogP contribution >= 0.6 is 0 Å². The van der Waals surface area contributed by atoms with Crippen LogP contribution in [0.1, 0.15) is 26.7 Å². The monoisotopic (exact) mass is 215 g/mol. The lowest BCUT2D eigenvalue weighted by atomic mass is 10.0.